The number of carbonyl (C=O) groups is 2. The van der Waals surface area contributed by atoms with Crippen LogP contribution in [0.3, 0.4) is 0 Å². The van der Waals surface area contributed by atoms with Crippen LogP contribution in [0.15, 0.2) is 47.4 Å². The lowest BCUT2D eigenvalue weighted by Crippen LogP contribution is -2.53. The summed E-state index contributed by atoms with van der Waals surface area (Å²) >= 11 is 0. The molecule has 4 rings (SSSR count). The first-order chi connectivity index (χ1) is 14.7. The van der Waals surface area contributed by atoms with Gasteiger partial charge in [-0.25, -0.2) is 8.42 Å². The normalized spacial score (nSPS) is 22.4. The lowest BCUT2D eigenvalue weighted by molar-refractivity contribution is -0.128. The Bertz CT molecular complexity index is 1130. The van der Waals surface area contributed by atoms with E-state index in [1.165, 1.54) is 35.0 Å². The van der Waals surface area contributed by atoms with Crippen LogP contribution >= 0.6 is 0 Å². The van der Waals surface area contributed by atoms with Crippen LogP contribution in [-0.2, 0) is 19.6 Å². The Morgan fingerprint density at radius 3 is 2.19 bits per heavy atom. The van der Waals surface area contributed by atoms with Crippen molar-refractivity contribution in [2.24, 2.45) is 5.92 Å². The standard InChI is InChI=1S/C22H26N4O4S/c1-14-4-6-17(7-5-14)26-11-10-25(13-15(26)2)31(29,30)18-8-9-19-20(12-18)24-22(28)16(3)21(27)23-19/h4-9,12,15-16H,10-11,13H2,1-3H3,(H,23,27)(H,24,28). The molecule has 164 valence electrons. The summed E-state index contributed by atoms with van der Waals surface area (Å²) in [6.45, 7) is 6.84. The summed E-state index contributed by atoms with van der Waals surface area (Å²) in [5.74, 6) is -1.75. The second-order valence-corrected chi connectivity index (χ2v) is 10.1. The van der Waals surface area contributed by atoms with Crippen molar-refractivity contribution in [1.29, 1.82) is 0 Å². The molecule has 0 bridgehead atoms. The number of rotatable bonds is 3. The number of nitrogens with one attached hydrogen (secondary N) is 2. The Morgan fingerprint density at radius 1 is 0.903 bits per heavy atom. The monoisotopic (exact) mass is 442 g/mol. The fraction of sp³-hybridized carbons (Fsp3) is 0.364. The molecule has 2 amide bonds. The molecule has 2 aliphatic heterocycles. The number of hydrogen-bond donors (Lipinski definition) is 2. The van der Waals surface area contributed by atoms with E-state index in [0.717, 1.165) is 5.69 Å². The van der Waals surface area contributed by atoms with E-state index < -0.39 is 27.8 Å². The Hall–Kier alpha value is -2.91. The second-order valence-electron chi connectivity index (χ2n) is 8.15. The highest BCUT2D eigenvalue weighted by Crippen LogP contribution is 2.31. The average molecular weight is 443 g/mol. The molecule has 0 saturated carbocycles. The van der Waals surface area contributed by atoms with Gasteiger partial charge >= 0.3 is 0 Å². The number of aryl methyl sites for hydroxylation is 1. The van der Waals surface area contributed by atoms with Crippen LogP contribution in [0, 0.1) is 12.8 Å². The van der Waals surface area contributed by atoms with Crippen LogP contribution in [-0.4, -0.2) is 50.2 Å². The molecule has 2 unspecified atom stereocenters. The van der Waals surface area contributed by atoms with Crippen LogP contribution < -0.4 is 15.5 Å². The minimum atomic E-state index is -3.75. The van der Waals surface area contributed by atoms with Crippen LogP contribution in [0.4, 0.5) is 17.1 Å². The maximum absolute atomic E-state index is 13.3. The van der Waals surface area contributed by atoms with Gasteiger partial charge in [-0.2, -0.15) is 4.31 Å². The molecule has 2 aromatic carbocycles. The van der Waals surface area contributed by atoms with Crippen molar-refractivity contribution in [2.75, 3.05) is 35.2 Å². The minimum absolute atomic E-state index is 0.00639. The molecule has 0 radical (unpaired) electrons. The molecule has 31 heavy (non-hydrogen) atoms. The maximum atomic E-state index is 13.3. The maximum Gasteiger partial charge on any atom is 0.243 e. The average Bonchev–Trinajstić information content (AvgIpc) is 2.84. The molecule has 2 N–H and O–H groups in total. The van der Waals surface area contributed by atoms with Gasteiger partial charge in [0.1, 0.15) is 5.92 Å². The number of hydrogen-bond acceptors (Lipinski definition) is 5. The number of sulfonamides is 1. The van der Waals surface area contributed by atoms with Crippen LogP contribution in [0.2, 0.25) is 0 Å². The van der Waals surface area contributed by atoms with Crippen molar-refractivity contribution in [3.8, 4) is 0 Å². The first kappa shape index (κ1) is 21.3. The summed E-state index contributed by atoms with van der Waals surface area (Å²) in [6.07, 6.45) is 0. The quantitative estimate of drug-likeness (QED) is 0.712. The number of nitrogens with zero attached hydrogens (tertiary/aromatic N) is 2. The van der Waals surface area contributed by atoms with Gasteiger partial charge in [0, 0.05) is 31.4 Å². The third kappa shape index (κ3) is 4.03. The largest absolute Gasteiger partial charge is 0.366 e. The SMILES string of the molecule is Cc1ccc(N2CCN(S(=O)(=O)c3ccc4c(c3)NC(=O)C(C)C(=O)N4)CC2C)cc1. The molecule has 8 nitrogen and oxygen atoms in total. The van der Waals surface area contributed by atoms with Gasteiger partial charge in [-0.15, -0.1) is 0 Å². The molecule has 1 saturated heterocycles. The molecule has 1 fully saturated rings. The van der Waals surface area contributed by atoms with Gasteiger partial charge < -0.3 is 15.5 Å². The number of fused-ring (bicyclic) bond motifs is 1. The topological polar surface area (TPSA) is 98.8 Å². The Labute approximate surface area is 182 Å². The van der Waals surface area contributed by atoms with E-state index in [0.29, 0.717) is 25.3 Å². The van der Waals surface area contributed by atoms with Gasteiger partial charge in [0.15, 0.2) is 0 Å². The summed E-state index contributed by atoms with van der Waals surface area (Å²) in [5, 5.41) is 5.30. The van der Waals surface area contributed by atoms with Gasteiger partial charge in [0.2, 0.25) is 21.8 Å². The highest BCUT2D eigenvalue weighted by atomic mass is 32.2. The number of benzene rings is 2. The summed E-state index contributed by atoms with van der Waals surface area (Å²) in [6, 6.07) is 12.6. The number of amides is 2. The van der Waals surface area contributed by atoms with E-state index in [2.05, 4.69) is 39.8 Å². The summed E-state index contributed by atoms with van der Waals surface area (Å²) in [4.78, 5) is 26.5. The molecule has 2 aromatic rings. The number of piperazine rings is 1. The van der Waals surface area contributed by atoms with Crippen molar-refractivity contribution in [2.45, 2.75) is 31.7 Å². The van der Waals surface area contributed by atoms with E-state index >= 15 is 0 Å². The third-order valence-electron chi connectivity index (χ3n) is 5.89. The molecule has 0 aromatic heterocycles. The Balaban J connectivity index is 1.56. The molecule has 2 aliphatic rings. The first-order valence-corrected chi connectivity index (χ1v) is 11.7. The van der Waals surface area contributed by atoms with Crippen molar-refractivity contribution in [3.63, 3.8) is 0 Å². The van der Waals surface area contributed by atoms with E-state index in [1.54, 1.807) is 0 Å². The zero-order valence-corrected chi connectivity index (χ0v) is 18.6. The van der Waals surface area contributed by atoms with Gasteiger partial charge in [0.25, 0.3) is 0 Å². The molecule has 2 heterocycles. The predicted molar refractivity (Wildman–Crippen MR) is 120 cm³/mol. The van der Waals surface area contributed by atoms with Crippen molar-refractivity contribution < 1.29 is 18.0 Å². The Kier molecular flexibility index (Phi) is 5.49. The van der Waals surface area contributed by atoms with Crippen LogP contribution in [0.25, 0.3) is 0 Å². The molecule has 2 atom stereocenters. The lowest BCUT2D eigenvalue weighted by atomic mass is 10.1. The molecule has 0 aliphatic carbocycles. The van der Waals surface area contributed by atoms with Gasteiger partial charge in [0.05, 0.1) is 16.3 Å². The second kappa shape index (κ2) is 7.97. The molecular formula is C22H26N4O4S. The predicted octanol–water partition coefficient (Wildman–Crippen LogP) is 2.42. The minimum Gasteiger partial charge on any atom is -0.366 e. The van der Waals surface area contributed by atoms with E-state index in [4.69, 9.17) is 0 Å². The van der Waals surface area contributed by atoms with E-state index in [1.807, 2.05) is 13.8 Å². The highest BCUT2D eigenvalue weighted by Gasteiger charge is 2.34. The van der Waals surface area contributed by atoms with Crippen LogP contribution in [0.5, 0.6) is 0 Å². The van der Waals surface area contributed by atoms with Gasteiger partial charge in [-0.1, -0.05) is 17.7 Å². The third-order valence-corrected chi connectivity index (χ3v) is 7.75. The number of anilines is 3. The molecule has 9 heteroatoms. The summed E-state index contributed by atoms with van der Waals surface area (Å²) in [5.41, 5.74) is 2.93. The van der Waals surface area contributed by atoms with E-state index in [-0.39, 0.29) is 16.6 Å². The zero-order valence-electron chi connectivity index (χ0n) is 17.8. The Morgan fingerprint density at radius 2 is 1.55 bits per heavy atom. The zero-order chi connectivity index (χ0) is 22.3. The van der Waals surface area contributed by atoms with E-state index in [9.17, 15) is 18.0 Å². The fourth-order valence-electron chi connectivity index (χ4n) is 3.91. The van der Waals surface area contributed by atoms with Crippen molar-refractivity contribution in [3.05, 3.63) is 48.0 Å². The summed E-state index contributed by atoms with van der Waals surface area (Å²) in [7, 11) is -3.75. The first-order valence-electron chi connectivity index (χ1n) is 10.3. The van der Waals surface area contributed by atoms with Gasteiger partial charge in [-0.3, -0.25) is 9.59 Å². The molecule has 0 spiro atoms. The smallest absolute Gasteiger partial charge is 0.243 e. The lowest BCUT2D eigenvalue weighted by Gasteiger charge is -2.40. The number of carbonyl (C=O) groups excluding carboxylic acids is 2. The van der Waals surface area contributed by atoms with Crippen LogP contribution in [0.1, 0.15) is 19.4 Å². The molecular weight excluding hydrogens is 416 g/mol. The fourth-order valence-corrected chi connectivity index (χ4v) is 5.45. The van der Waals surface area contributed by atoms with Crippen molar-refractivity contribution >= 4 is 38.9 Å². The highest BCUT2D eigenvalue weighted by molar-refractivity contribution is 7.89. The van der Waals surface area contributed by atoms with Crippen molar-refractivity contribution in [1.82, 2.24) is 4.31 Å². The van der Waals surface area contributed by atoms with Gasteiger partial charge in [-0.05, 0) is 51.1 Å². The summed E-state index contributed by atoms with van der Waals surface area (Å²) < 4.78 is 28.1.